The van der Waals surface area contributed by atoms with Gasteiger partial charge >= 0.3 is 17.4 Å². The smallest absolute Gasteiger partial charge is 0.199 e. The summed E-state index contributed by atoms with van der Waals surface area (Å²) in [6.45, 7) is 14.9. The summed E-state index contributed by atoms with van der Waals surface area (Å²) in [6.07, 6.45) is 0. The molecule has 0 unspecified atom stereocenters. The molecule has 29 heavy (non-hydrogen) atoms. The van der Waals surface area contributed by atoms with Crippen LogP contribution in [0.2, 0.25) is 0 Å². The van der Waals surface area contributed by atoms with Crippen LogP contribution in [0.5, 0.6) is 0 Å². The third-order valence-corrected chi connectivity index (χ3v) is 3.37. The Hall–Kier alpha value is -3.11. The van der Waals surface area contributed by atoms with Gasteiger partial charge in [-0.05, 0) is 0 Å². The molecular formula is C28H28Cr. The van der Waals surface area contributed by atoms with Crippen molar-refractivity contribution in [3.63, 3.8) is 0 Å². The van der Waals surface area contributed by atoms with Crippen molar-refractivity contribution >= 4 is 0 Å². The van der Waals surface area contributed by atoms with Crippen molar-refractivity contribution in [3.8, 4) is 0 Å². The second-order valence-corrected chi connectivity index (χ2v) is 5.94. The summed E-state index contributed by atoms with van der Waals surface area (Å²) < 4.78 is 0. The molecule has 0 aliphatic rings. The summed E-state index contributed by atoms with van der Waals surface area (Å²) in [5.41, 5.74) is 4.29. The SMILES string of the molecule is [CH2-]c1ccccc1.[CH2-]c1ccccc1.[CH2-]c1ccccc1.[CH2-]c1ccccc1.[Cr+4]. The van der Waals surface area contributed by atoms with E-state index in [4.69, 9.17) is 0 Å². The minimum absolute atomic E-state index is 0. The first kappa shape index (κ1) is 25.9. The Morgan fingerprint density at radius 3 is 0.483 bits per heavy atom. The van der Waals surface area contributed by atoms with Crippen LogP contribution < -0.4 is 0 Å². The molecule has 0 bridgehead atoms. The zero-order valence-corrected chi connectivity index (χ0v) is 18.1. The molecule has 0 fully saturated rings. The third-order valence-electron chi connectivity index (χ3n) is 3.37. The molecule has 0 aliphatic heterocycles. The molecule has 1 heteroatoms. The predicted octanol–water partition coefficient (Wildman–Crippen LogP) is 7.47. The van der Waals surface area contributed by atoms with E-state index in [1.807, 2.05) is 121 Å². The Morgan fingerprint density at radius 1 is 0.276 bits per heavy atom. The van der Waals surface area contributed by atoms with Gasteiger partial charge in [0.2, 0.25) is 0 Å². The zero-order chi connectivity index (χ0) is 20.5. The molecule has 4 aromatic carbocycles. The van der Waals surface area contributed by atoms with E-state index in [0.29, 0.717) is 0 Å². The molecule has 0 saturated heterocycles. The van der Waals surface area contributed by atoms with Crippen molar-refractivity contribution < 1.29 is 17.4 Å². The molecule has 0 atom stereocenters. The quantitative estimate of drug-likeness (QED) is 0.261. The summed E-state index contributed by atoms with van der Waals surface area (Å²) in [5, 5.41) is 0. The third kappa shape index (κ3) is 15.6. The molecule has 0 spiro atoms. The maximum Gasteiger partial charge on any atom is 4.00 e. The van der Waals surface area contributed by atoms with Gasteiger partial charge in [0.1, 0.15) is 0 Å². The average molecular weight is 417 g/mol. The van der Waals surface area contributed by atoms with Crippen LogP contribution in [0, 0.1) is 27.7 Å². The van der Waals surface area contributed by atoms with Crippen molar-refractivity contribution in [2.75, 3.05) is 0 Å². The van der Waals surface area contributed by atoms with Crippen LogP contribution in [-0.2, 0) is 17.4 Å². The molecule has 0 heterocycles. The minimum atomic E-state index is 0. The van der Waals surface area contributed by atoms with Gasteiger partial charge in [-0.25, -0.2) is 0 Å². The van der Waals surface area contributed by atoms with Gasteiger partial charge in [0, 0.05) is 0 Å². The molecule has 0 aromatic heterocycles. The van der Waals surface area contributed by atoms with E-state index in [1.54, 1.807) is 0 Å². The first-order valence-corrected chi connectivity index (χ1v) is 9.06. The molecule has 0 aliphatic carbocycles. The van der Waals surface area contributed by atoms with E-state index in [0.717, 1.165) is 22.3 Å². The van der Waals surface area contributed by atoms with E-state index in [9.17, 15) is 0 Å². The Kier molecular flexibility index (Phi) is 15.2. The Labute approximate surface area is 188 Å². The van der Waals surface area contributed by atoms with Gasteiger partial charge in [-0.1, -0.05) is 24.3 Å². The second kappa shape index (κ2) is 17.0. The van der Waals surface area contributed by atoms with E-state index >= 15 is 0 Å². The summed E-state index contributed by atoms with van der Waals surface area (Å²) in [4.78, 5) is 0. The van der Waals surface area contributed by atoms with E-state index in [-0.39, 0.29) is 17.4 Å². The first-order valence-electron chi connectivity index (χ1n) is 9.06. The fraction of sp³-hybridized carbons (Fsp3) is 0. The van der Waals surface area contributed by atoms with Gasteiger partial charge in [-0.15, -0.1) is 48.5 Å². The second-order valence-electron chi connectivity index (χ2n) is 5.94. The summed E-state index contributed by atoms with van der Waals surface area (Å²) in [7, 11) is 0. The largest absolute Gasteiger partial charge is 4.00 e. The summed E-state index contributed by atoms with van der Waals surface area (Å²) >= 11 is 0. The standard InChI is InChI=1S/4C7H7.Cr/c4*1-7-5-3-2-4-6-7;/h4*2-6H,1H2;/q4*-1;+4. The maximum absolute atomic E-state index is 3.72. The zero-order valence-electron chi connectivity index (χ0n) is 16.8. The van der Waals surface area contributed by atoms with Gasteiger partial charge in [0.15, 0.2) is 0 Å². The normalized spacial score (nSPS) is 8.28. The number of hydrogen-bond donors (Lipinski definition) is 0. The van der Waals surface area contributed by atoms with E-state index < -0.39 is 0 Å². The molecule has 0 amide bonds. The fourth-order valence-electron chi connectivity index (χ4n) is 1.91. The molecule has 0 N–H and O–H groups in total. The van der Waals surface area contributed by atoms with Crippen molar-refractivity contribution in [2.24, 2.45) is 0 Å². The van der Waals surface area contributed by atoms with Crippen LogP contribution in [0.1, 0.15) is 22.3 Å². The van der Waals surface area contributed by atoms with Crippen LogP contribution in [0.3, 0.4) is 0 Å². The van der Waals surface area contributed by atoms with Crippen LogP contribution in [0.15, 0.2) is 121 Å². The minimum Gasteiger partial charge on any atom is -0.199 e. The summed E-state index contributed by atoms with van der Waals surface area (Å²) in [5.74, 6) is 0. The van der Waals surface area contributed by atoms with Crippen LogP contribution in [0.4, 0.5) is 0 Å². The molecule has 0 radical (unpaired) electrons. The van der Waals surface area contributed by atoms with Gasteiger partial charge in [0.25, 0.3) is 0 Å². The molecular weight excluding hydrogens is 388 g/mol. The first-order chi connectivity index (χ1) is 13.6. The molecule has 4 aromatic rings. The Bertz CT molecular complexity index is 676. The van der Waals surface area contributed by atoms with Crippen LogP contribution >= 0.6 is 0 Å². The Morgan fingerprint density at radius 2 is 0.414 bits per heavy atom. The van der Waals surface area contributed by atoms with Gasteiger partial charge in [-0.2, -0.15) is 98.5 Å². The molecule has 0 nitrogen and oxygen atoms in total. The number of hydrogen-bond acceptors (Lipinski definition) is 0. The van der Waals surface area contributed by atoms with Crippen molar-refractivity contribution in [3.05, 3.63) is 171 Å². The average Bonchev–Trinajstić information content (AvgIpc) is 2.72. The molecule has 146 valence electrons. The van der Waals surface area contributed by atoms with Crippen molar-refractivity contribution in [1.29, 1.82) is 0 Å². The van der Waals surface area contributed by atoms with Gasteiger partial charge < -0.3 is 0 Å². The predicted molar refractivity (Wildman–Crippen MR) is 124 cm³/mol. The Balaban J connectivity index is 0.000000356. The van der Waals surface area contributed by atoms with Crippen LogP contribution in [-0.4, -0.2) is 0 Å². The fourth-order valence-corrected chi connectivity index (χ4v) is 1.91. The molecule has 0 saturated carbocycles. The van der Waals surface area contributed by atoms with Crippen LogP contribution in [0.25, 0.3) is 0 Å². The topological polar surface area (TPSA) is 0 Å². The van der Waals surface area contributed by atoms with Crippen molar-refractivity contribution in [2.45, 2.75) is 0 Å². The number of rotatable bonds is 0. The van der Waals surface area contributed by atoms with Gasteiger partial charge in [-0.3, -0.25) is 0 Å². The monoisotopic (exact) mass is 416 g/mol. The number of benzene rings is 4. The maximum atomic E-state index is 3.72. The van der Waals surface area contributed by atoms with Gasteiger partial charge in [0.05, 0.1) is 0 Å². The van der Waals surface area contributed by atoms with E-state index in [1.165, 1.54) is 0 Å². The van der Waals surface area contributed by atoms with Crippen molar-refractivity contribution in [1.82, 2.24) is 0 Å². The van der Waals surface area contributed by atoms with E-state index in [2.05, 4.69) is 27.7 Å². The summed E-state index contributed by atoms with van der Waals surface area (Å²) in [6, 6.07) is 39.5. The molecule has 4 rings (SSSR count).